The molecule has 7 atom stereocenters. The van der Waals surface area contributed by atoms with Crippen molar-refractivity contribution in [1.82, 2.24) is 0 Å². The van der Waals surface area contributed by atoms with E-state index in [1.54, 1.807) is 0 Å². The van der Waals surface area contributed by atoms with Crippen LogP contribution in [-0.4, -0.2) is 66.6 Å². The van der Waals surface area contributed by atoms with Crippen molar-refractivity contribution >= 4 is 23.5 Å². The smallest absolute Gasteiger partial charge is 0.790 e. The second-order valence-corrected chi connectivity index (χ2v) is 8.03. The Morgan fingerprint density at radius 3 is 1.33 bits per heavy atom. The summed E-state index contributed by atoms with van der Waals surface area (Å²) in [6.07, 6.45) is -15.0. The Hall–Kier alpha value is 3.21. The summed E-state index contributed by atoms with van der Waals surface area (Å²) in [6.45, 7) is 0. The predicted octanol–water partition coefficient (Wildman–Crippen LogP) is -14.4. The van der Waals surface area contributed by atoms with Gasteiger partial charge in [0.1, 0.15) is 36.6 Å². The van der Waals surface area contributed by atoms with Crippen LogP contribution in [0.4, 0.5) is 0 Å². The first-order chi connectivity index (χ1) is 10.5. The van der Waals surface area contributed by atoms with Crippen molar-refractivity contribution in [2.24, 2.45) is 0 Å². The van der Waals surface area contributed by atoms with E-state index in [0.29, 0.717) is 0 Å². The number of aliphatic hydroxyl groups excluding tert-OH is 3. The summed E-state index contributed by atoms with van der Waals surface area (Å²) in [5.41, 5.74) is 0. The fourth-order valence-electron chi connectivity index (χ4n) is 2.00. The van der Waals surface area contributed by atoms with Crippen LogP contribution >= 0.6 is 23.5 Å². The number of hydrogen-bond donors (Lipinski definition) is 6. The number of rotatable bonds is 6. The van der Waals surface area contributed by atoms with Gasteiger partial charge in [-0.2, -0.15) is 0 Å². The van der Waals surface area contributed by atoms with Crippen molar-refractivity contribution < 1.29 is 161 Å². The van der Waals surface area contributed by atoms with Gasteiger partial charge < -0.3 is 58.3 Å². The molecule has 0 saturated heterocycles. The van der Waals surface area contributed by atoms with E-state index < -0.39 is 60.1 Å². The molecule has 1 rings (SSSR count). The molecule has 6 N–H and O–H groups in total. The second kappa shape index (κ2) is 13.0. The van der Waals surface area contributed by atoms with E-state index in [4.69, 9.17) is 14.7 Å². The summed E-state index contributed by atoms with van der Waals surface area (Å²) in [5, 5.41) is 29.1. The molecule has 0 aromatic carbocycles. The molecule has 0 aromatic heterocycles. The average molecular weight is 486 g/mol. The SMILES string of the molecule is O=P([O-])([O-])OC1[C@H](O)C(OP(=O)(O)O)C(OP(=O)([O-])O)[C@H](O)[C@H]1O.[Na+].[Na+].[Na+]. The summed E-state index contributed by atoms with van der Waals surface area (Å²) in [7, 11) is -17.0. The van der Waals surface area contributed by atoms with Crippen LogP contribution < -0.4 is 103 Å². The molecule has 21 heteroatoms. The molecule has 15 nitrogen and oxygen atoms in total. The summed E-state index contributed by atoms with van der Waals surface area (Å²) in [5.74, 6) is 0. The first kappa shape index (κ1) is 34.8. The maximum atomic E-state index is 10.9. The molecule has 27 heavy (non-hydrogen) atoms. The normalized spacial score (nSPS) is 33.7. The van der Waals surface area contributed by atoms with Gasteiger partial charge in [-0.25, -0.2) is 4.57 Å². The molecular formula is C6H12Na3O15P3. The molecular weight excluding hydrogens is 474 g/mol. The van der Waals surface area contributed by atoms with Crippen LogP contribution in [0.2, 0.25) is 0 Å². The van der Waals surface area contributed by atoms with E-state index in [-0.39, 0.29) is 88.7 Å². The van der Waals surface area contributed by atoms with Crippen molar-refractivity contribution in [2.45, 2.75) is 36.6 Å². The average Bonchev–Trinajstić information content (AvgIpc) is 2.32. The first-order valence-corrected chi connectivity index (χ1v) is 10.2. The van der Waals surface area contributed by atoms with Gasteiger partial charge >= 0.3 is 96.5 Å². The van der Waals surface area contributed by atoms with Crippen LogP contribution in [0.15, 0.2) is 0 Å². The van der Waals surface area contributed by atoms with Crippen molar-refractivity contribution in [2.75, 3.05) is 0 Å². The molecule has 0 aliphatic heterocycles. The summed E-state index contributed by atoms with van der Waals surface area (Å²) >= 11 is 0. The Labute approximate surface area is 218 Å². The molecule has 1 fully saturated rings. The van der Waals surface area contributed by atoms with Crippen LogP contribution in [0.25, 0.3) is 0 Å². The van der Waals surface area contributed by atoms with Gasteiger partial charge in [-0.3, -0.25) is 9.09 Å². The molecule has 4 unspecified atom stereocenters. The van der Waals surface area contributed by atoms with E-state index in [0.717, 1.165) is 0 Å². The summed E-state index contributed by atoms with van der Waals surface area (Å²) < 4.78 is 43.9. The third-order valence-corrected chi connectivity index (χ3v) is 4.31. The van der Waals surface area contributed by atoms with Crippen LogP contribution in [-0.2, 0) is 27.3 Å². The minimum Gasteiger partial charge on any atom is -0.790 e. The Morgan fingerprint density at radius 1 is 0.630 bits per heavy atom. The number of hydrogen-bond acceptors (Lipinski definition) is 12. The molecule has 0 amide bonds. The van der Waals surface area contributed by atoms with E-state index in [1.807, 2.05) is 0 Å². The monoisotopic (exact) mass is 486 g/mol. The van der Waals surface area contributed by atoms with Crippen LogP contribution in [0, 0.1) is 0 Å². The van der Waals surface area contributed by atoms with Gasteiger partial charge in [0.2, 0.25) is 0 Å². The van der Waals surface area contributed by atoms with Gasteiger partial charge in [0.25, 0.3) is 7.82 Å². The maximum Gasteiger partial charge on any atom is 1.00 e. The molecule has 0 spiro atoms. The predicted molar refractivity (Wildman–Crippen MR) is 62.1 cm³/mol. The summed E-state index contributed by atoms with van der Waals surface area (Å²) in [4.78, 5) is 58.0. The van der Waals surface area contributed by atoms with Crippen molar-refractivity contribution in [3.05, 3.63) is 0 Å². The minimum absolute atomic E-state index is 0. The molecule has 1 saturated carbocycles. The minimum atomic E-state index is -5.86. The van der Waals surface area contributed by atoms with E-state index in [2.05, 4.69) is 13.6 Å². The zero-order chi connectivity index (χ0) is 19.1. The number of aliphatic hydroxyl groups is 3. The van der Waals surface area contributed by atoms with Crippen LogP contribution in [0.5, 0.6) is 0 Å². The van der Waals surface area contributed by atoms with Crippen LogP contribution in [0.3, 0.4) is 0 Å². The third-order valence-electron chi connectivity index (χ3n) is 2.78. The van der Waals surface area contributed by atoms with Gasteiger partial charge in [0.15, 0.2) is 0 Å². The number of phosphoric ester groups is 3. The first-order valence-electron chi connectivity index (χ1n) is 5.72. The van der Waals surface area contributed by atoms with Crippen molar-refractivity contribution in [1.29, 1.82) is 0 Å². The number of phosphoric acid groups is 3. The molecule has 0 aromatic rings. The van der Waals surface area contributed by atoms with Gasteiger partial charge in [-0.05, 0) is 0 Å². The Balaban J connectivity index is -0.00000192. The molecule has 1 aliphatic rings. The Morgan fingerprint density at radius 2 is 1.00 bits per heavy atom. The standard InChI is InChI=1S/C6H15O15P3.3Na/c7-1-2(8)5(20-23(13,14)15)6(21-24(16,17)18)3(9)4(1)19-22(10,11)12;;;/h1-9H,(H2,10,11,12)(H2,13,14,15)(H2,16,17,18);;;/q;3*+1/p-3/t1-,2-,3+,4?,5?,6?;;;/m1.../s1. The van der Waals surface area contributed by atoms with E-state index >= 15 is 0 Å². The third kappa shape index (κ3) is 12.1. The Kier molecular flexibility index (Phi) is 16.8. The quantitative estimate of drug-likeness (QED) is 0.150. The summed E-state index contributed by atoms with van der Waals surface area (Å²) in [6, 6.07) is 0. The zero-order valence-electron chi connectivity index (χ0n) is 14.2. The fourth-order valence-corrected chi connectivity index (χ4v) is 3.66. The zero-order valence-corrected chi connectivity index (χ0v) is 22.8. The largest absolute Gasteiger partial charge is 1.00 e. The van der Waals surface area contributed by atoms with Crippen LogP contribution in [0.1, 0.15) is 0 Å². The topological polar surface area (TPSA) is 269 Å². The second-order valence-electron chi connectivity index (χ2n) is 4.59. The maximum absolute atomic E-state index is 10.9. The Bertz CT molecular complexity index is 587. The molecule has 144 valence electrons. The van der Waals surface area contributed by atoms with Gasteiger partial charge in [0, 0.05) is 0 Å². The molecule has 1 aliphatic carbocycles. The van der Waals surface area contributed by atoms with Gasteiger partial charge in [0.05, 0.1) is 7.82 Å². The molecule has 0 heterocycles. The van der Waals surface area contributed by atoms with Crippen molar-refractivity contribution in [3.8, 4) is 0 Å². The van der Waals surface area contributed by atoms with Gasteiger partial charge in [-0.15, -0.1) is 0 Å². The van der Waals surface area contributed by atoms with E-state index in [1.165, 1.54) is 0 Å². The van der Waals surface area contributed by atoms with Gasteiger partial charge in [-0.1, -0.05) is 0 Å². The van der Waals surface area contributed by atoms with Crippen molar-refractivity contribution in [3.63, 3.8) is 0 Å². The molecule has 0 bridgehead atoms. The molecule has 0 radical (unpaired) electrons. The fraction of sp³-hybridized carbons (Fsp3) is 1.00. The van der Waals surface area contributed by atoms with E-state index in [9.17, 15) is 43.7 Å².